The van der Waals surface area contributed by atoms with Crippen molar-refractivity contribution in [3.05, 3.63) is 29.4 Å². The summed E-state index contributed by atoms with van der Waals surface area (Å²) in [5, 5.41) is 16.4. The summed E-state index contributed by atoms with van der Waals surface area (Å²) in [6, 6.07) is 1.47. The summed E-state index contributed by atoms with van der Waals surface area (Å²) in [5.41, 5.74) is -1.02. The van der Waals surface area contributed by atoms with Gasteiger partial charge in [-0.05, 0) is 0 Å². The minimum absolute atomic E-state index is 0.0549. The Balaban J connectivity index is 2.35. The predicted octanol–water partition coefficient (Wildman–Crippen LogP) is 3.58. The van der Waals surface area contributed by atoms with Crippen LogP contribution in [-0.2, 0) is 9.53 Å². The SMILES string of the molecule is CCC(O)=C(N=Nc1cc2c(cc1F)OC(F)(F)O2)C(=O)OC. The quantitative estimate of drug-likeness (QED) is 0.394. The third-order valence-corrected chi connectivity index (χ3v) is 2.72. The van der Waals surface area contributed by atoms with Crippen molar-refractivity contribution in [3.8, 4) is 11.5 Å². The summed E-state index contributed by atoms with van der Waals surface area (Å²) in [6.45, 7) is 1.54. The zero-order valence-electron chi connectivity index (χ0n) is 12.0. The maximum absolute atomic E-state index is 13.8. The van der Waals surface area contributed by atoms with Crippen LogP contribution in [0.4, 0.5) is 18.9 Å². The molecular weight excluding hydrogens is 321 g/mol. The first-order valence-corrected chi connectivity index (χ1v) is 6.29. The lowest BCUT2D eigenvalue weighted by Crippen LogP contribution is -2.25. The van der Waals surface area contributed by atoms with E-state index in [0.717, 1.165) is 13.2 Å². The van der Waals surface area contributed by atoms with Crippen molar-refractivity contribution >= 4 is 11.7 Å². The molecular formula is C13H11F3N2O5. The second-order valence-electron chi connectivity index (χ2n) is 4.26. The van der Waals surface area contributed by atoms with E-state index < -0.39 is 46.7 Å². The molecule has 2 rings (SSSR count). The maximum atomic E-state index is 13.8. The highest BCUT2D eigenvalue weighted by Crippen LogP contribution is 2.44. The first kappa shape index (κ1) is 16.6. The van der Waals surface area contributed by atoms with Gasteiger partial charge in [-0.1, -0.05) is 6.92 Å². The molecule has 0 amide bonds. The fourth-order valence-electron chi connectivity index (χ4n) is 1.62. The van der Waals surface area contributed by atoms with Gasteiger partial charge >= 0.3 is 12.3 Å². The highest BCUT2D eigenvalue weighted by atomic mass is 19.3. The smallest absolute Gasteiger partial charge is 0.510 e. The molecule has 1 heterocycles. The highest BCUT2D eigenvalue weighted by Gasteiger charge is 2.44. The fraction of sp³-hybridized carbons (Fsp3) is 0.308. The van der Waals surface area contributed by atoms with E-state index in [2.05, 4.69) is 24.4 Å². The van der Waals surface area contributed by atoms with Gasteiger partial charge in [0.25, 0.3) is 0 Å². The van der Waals surface area contributed by atoms with Crippen LogP contribution in [-0.4, -0.2) is 24.5 Å². The van der Waals surface area contributed by atoms with E-state index in [1.807, 2.05) is 0 Å². The molecule has 0 spiro atoms. The Morgan fingerprint density at radius 2 is 1.96 bits per heavy atom. The van der Waals surface area contributed by atoms with Crippen LogP contribution in [0.1, 0.15) is 13.3 Å². The normalized spacial score (nSPS) is 16.4. The summed E-state index contributed by atoms with van der Waals surface area (Å²) < 4.78 is 52.2. The molecule has 1 aromatic carbocycles. The first-order valence-electron chi connectivity index (χ1n) is 6.29. The van der Waals surface area contributed by atoms with Crippen LogP contribution in [0.15, 0.2) is 33.8 Å². The topological polar surface area (TPSA) is 89.7 Å². The highest BCUT2D eigenvalue weighted by molar-refractivity contribution is 5.88. The average Bonchev–Trinajstić information content (AvgIpc) is 2.79. The molecule has 0 saturated heterocycles. The molecule has 1 aliphatic heterocycles. The standard InChI is InChI=1S/C13H11F3N2O5/c1-3-8(19)11(12(20)21-2)18-17-7-5-10-9(4-6(7)14)22-13(15,16)23-10/h4-5,19H,3H2,1-2H3. The van der Waals surface area contributed by atoms with Crippen LogP contribution in [0.5, 0.6) is 11.5 Å². The molecule has 0 saturated carbocycles. The third kappa shape index (κ3) is 3.52. The van der Waals surface area contributed by atoms with Crippen LogP contribution < -0.4 is 9.47 Å². The monoisotopic (exact) mass is 332 g/mol. The molecule has 1 N–H and O–H groups in total. The van der Waals surface area contributed by atoms with Gasteiger partial charge in [-0.25, -0.2) is 9.18 Å². The van der Waals surface area contributed by atoms with Crippen LogP contribution >= 0.6 is 0 Å². The van der Waals surface area contributed by atoms with Crippen LogP contribution in [0, 0.1) is 5.82 Å². The average molecular weight is 332 g/mol. The Morgan fingerprint density at radius 3 is 2.52 bits per heavy atom. The second-order valence-corrected chi connectivity index (χ2v) is 4.26. The number of esters is 1. The maximum Gasteiger partial charge on any atom is 0.586 e. The molecule has 23 heavy (non-hydrogen) atoms. The molecule has 7 nitrogen and oxygen atoms in total. The van der Waals surface area contributed by atoms with Crippen LogP contribution in [0.25, 0.3) is 0 Å². The zero-order chi connectivity index (χ0) is 17.2. The van der Waals surface area contributed by atoms with Gasteiger partial charge in [0.1, 0.15) is 11.4 Å². The van der Waals surface area contributed by atoms with Gasteiger partial charge in [0.2, 0.25) is 5.70 Å². The number of ether oxygens (including phenoxy) is 3. The van der Waals surface area contributed by atoms with Gasteiger partial charge in [-0.2, -0.15) is 0 Å². The molecule has 0 atom stereocenters. The van der Waals surface area contributed by atoms with E-state index in [-0.39, 0.29) is 6.42 Å². The Kier molecular flexibility index (Phi) is 4.43. The minimum Gasteiger partial charge on any atom is -0.510 e. The van der Waals surface area contributed by atoms with E-state index in [9.17, 15) is 23.1 Å². The number of allylic oxidation sites excluding steroid dienone is 1. The molecule has 10 heteroatoms. The van der Waals surface area contributed by atoms with E-state index in [1.165, 1.54) is 6.92 Å². The molecule has 0 radical (unpaired) electrons. The summed E-state index contributed by atoms with van der Waals surface area (Å²) in [7, 11) is 1.06. The Labute approximate surface area is 128 Å². The van der Waals surface area contributed by atoms with Crippen molar-refractivity contribution in [2.45, 2.75) is 19.6 Å². The van der Waals surface area contributed by atoms with Crippen molar-refractivity contribution in [2.75, 3.05) is 7.11 Å². The Bertz CT molecular complexity index is 703. The largest absolute Gasteiger partial charge is 0.586 e. The molecule has 0 unspecified atom stereocenters. The van der Waals surface area contributed by atoms with E-state index in [1.54, 1.807) is 0 Å². The zero-order valence-corrected chi connectivity index (χ0v) is 12.0. The van der Waals surface area contributed by atoms with E-state index in [0.29, 0.717) is 6.07 Å². The number of carbonyl (C=O) groups excluding carboxylic acids is 1. The van der Waals surface area contributed by atoms with Crippen molar-refractivity contribution in [3.63, 3.8) is 0 Å². The summed E-state index contributed by atoms with van der Waals surface area (Å²) in [6.07, 6.45) is -3.85. The lowest BCUT2D eigenvalue weighted by Gasteiger charge is -2.04. The Hall–Kier alpha value is -2.78. The number of fused-ring (bicyclic) bond motifs is 1. The molecule has 0 aromatic heterocycles. The van der Waals surface area contributed by atoms with Crippen molar-refractivity contribution < 1.29 is 37.3 Å². The number of alkyl halides is 2. The summed E-state index contributed by atoms with van der Waals surface area (Å²) in [4.78, 5) is 11.5. The van der Waals surface area contributed by atoms with Crippen LogP contribution in [0.3, 0.4) is 0 Å². The summed E-state index contributed by atoms with van der Waals surface area (Å²) in [5.74, 6) is -3.37. The molecule has 0 fully saturated rings. The van der Waals surface area contributed by atoms with Gasteiger partial charge in [0, 0.05) is 18.6 Å². The van der Waals surface area contributed by atoms with Gasteiger partial charge in [0.15, 0.2) is 17.3 Å². The number of methoxy groups -OCH3 is 1. The molecule has 0 aliphatic carbocycles. The number of hydrogen-bond donors (Lipinski definition) is 1. The second kappa shape index (κ2) is 6.15. The number of aliphatic hydroxyl groups excluding tert-OH is 1. The van der Waals surface area contributed by atoms with Crippen LogP contribution in [0.2, 0.25) is 0 Å². The van der Waals surface area contributed by atoms with E-state index >= 15 is 0 Å². The van der Waals surface area contributed by atoms with Crippen molar-refractivity contribution in [2.24, 2.45) is 10.2 Å². The third-order valence-electron chi connectivity index (χ3n) is 2.72. The van der Waals surface area contributed by atoms with E-state index in [4.69, 9.17) is 0 Å². The number of carbonyl (C=O) groups is 1. The molecule has 1 aromatic rings. The number of halogens is 3. The fourth-order valence-corrected chi connectivity index (χ4v) is 1.62. The molecule has 124 valence electrons. The number of hydrogen-bond acceptors (Lipinski definition) is 7. The van der Waals surface area contributed by atoms with Crippen molar-refractivity contribution in [1.29, 1.82) is 0 Å². The Morgan fingerprint density at radius 1 is 1.35 bits per heavy atom. The number of benzene rings is 1. The van der Waals surface area contributed by atoms with Gasteiger partial charge in [0.05, 0.1) is 7.11 Å². The first-order chi connectivity index (χ1) is 10.8. The summed E-state index contributed by atoms with van der Waals surface area (Å²) >= 11 is 0. The predicted molar refractivity (Wildman–Crippen MR) is 69.1 cm³/mol. The number of aliphatic hydroxyl groups is 1. The number of nitrogens with zero attached hydrogens (tertiary/aromatic N) is 2. The lowest BCUT2D eigenvalue weighted by atomic mass is 10.2. The van der Waals surface area contributed by atoms with Gasteiger partial charge in [-0.3, -0.25) is 0 Å². The number of rotatable bonds is 4. The minimum atomic E-state index is -3.90. The number of azo groups is 1. The molecule has 1 aliphatic rings. The van der Waals surface area contributed by atoms with Crippen molar-refractivity contribution in [1.82, 2.24) is 0 Å². The lowest BCUT2D eigenvalue weighted by molar-refractivity contribution is -0.286. The van der Waals surface area contributed by atoms with Gasteiger partial charge in [-0.15, -0.1) is 19.0 Å². The van der Waals surface area contributed by atoms with Gasteiger partial charge < -0.3 is 19.3 Å². The molecule has 0 bridgehead atoms.